The highest BCUT2D eigenvalue weighted by Crippen LogP contribution is 2.38. The minimum atomic E-state index is -4.53. The molecule has 0 aromatic heterocycles. The monoisotopic (exact) mass is 694 g/mol. The average molecular weight is 697 g/mol. The molecule has 2 N–H and O–H groups in total. The van der Waals surface area contributed by atoms with E-state index in [0.29, 0.717) is 19.0 Å². The molecule has 34 heavy (non-hydrogen) atoms. The smallest absolute Gasteiger partial charge is 0.355 e. The number of nitrogens with one attached hydrogen (secondary N) is 2. The predicted octanol–water partition coefficient (Wildman–Crippen LogP) is 7.54. The number of allylic oxidation sites excluding steroid dienone is 1. The number of rotatable bonds is 7. The quantitative estimate of drug-likeness (QED) is 0.178. The van der Waals surface area contributed by atoms with E-state index < -0.39 is 30.6 Å². The molecule has 13 heteroatoms. The summed E-state index contributed by atoms with van der Waals surface area (Å²) < 4.78 is 78.9. The second kappa shape index (κ2) is 12.0. The van der Waals surface area contributed by atoms with E-state index in [0.717, 1.165) is 6.08 Å². The van der Waals surface area contributed by atoms with Crippen LogP contribution in [0.1, 0.15) is 27.4 Å². The molecule has 0 aliphatic rings. The van der Waals surface area contributed by atoms with Gasteiger partial charge in [0.05, 0.1) is 12.5 Å². The van der Waals surface area contributed by atoms with Crippen molar-refractivity contribution in [3.8, 4) is 0 Å². The zero-order valence-electron chi connectivity index (χ0n) is 16.8. The van der Waals surface area contributed by atoms with Crippen molar-refractivity contribution in [1.29, 1.82) is 0 Å². The molecule has 1 atom stereocenters. The van der Waals surface area contributed by atoms with Gasteiger partial charge in [-0.25, -0.2) is 0 Å². The van der Waals surface area contributed by atoms with Gasteiger partial charge in [0.15, 0.2) is 10.9 Å². The summed E-state index contributed by atoms with van der Waals surface area (Å²) in [6.07, 6.45) is -6.68. The largest absolute Gasteiger partial charge is 0.405 e. The van der Waals surface area contributed by atoms with Crippen LogP contribution in [-0.4, -0.2) is 36.3 Å². The van der Waals surface area contributed by atoms with Crippen LogP contribution in [0.25, 0.3) is 6.08 Å². The number of Topliss-reactive ketones (excluding diaryl/α,β-unsaturated/α-hetero) is 1. The number of alkyl halides is 6. The number of benzene rings is 2. The van der Waals surface area contributed by atoms with Gasteiger partial charge in [-0.1, -0.05) is 66.0 Å². The summed E-state index contributed by atoms with van der Waals surface area (Å²) in [5.41, 5.74) is 0.630. The topological polar surface area (TPSA) is 41.1 Å². The van der Waals surface area contributed by atoms with Gasteiger partial charge in [0.2, 0.25) is 0 Å². The van der Waals surface area contributed by atoms with Crippen LogP contribution in [0.15, 0.2) is 55.9 Å². The maximum absolute atomic E-state index is 13.7. The standard InChI is InChI=1S/C21H15Br3F6N2OS/c22-13-6-12(7-14(23)8-13)16(21(28,29)30)4-2-11-1-3-15(17(24)5-11)18(33)9-31-19(34)32-10-20(25,26)27/h1-8,16H,9-10H2,(H2,31,32,34)/b4-2+. The first-order chi connectivity index (χ1) is 15.7. The van der Waals surface area contributed by atoms with E-state index in [1.165, 1.54) is 36.4 Å². The van der Waals surface area contributed by atoms with Crippen molar-refractivity contribution in [3.63, 3.8) is 0 Å². The van der Waals surface area contributed by atoms with Crippen molar-refractivity contribution < 1.29 is 31.1 Å². The summed E-state index contributed by atoms with van der Waals surface area (Å²) in [5.74, 6) is -2.35. The van der Waals surface area contributed by atoms with Crippen LogP contribution in [0, 0.1) is 0 Å². The fraction of sp³-hybridized carbons (Fsp3) is 0.238. The van der Waals surface area contributed by atoms with Gasteiger partial charge in [0, 0.05) is 19.0 Å². The Hall–Kier alpha value is -1.44. The summed E-state index contributed by atoms with van der Waals surface area (Å²) in [5, 5.41) is 3.99. The summed E-state index contributed by atoms with van der Waals surface area (Å²) >= 11 is 14.3. The van der Waals surface area contributed by atoms with Crippen molar-refractivity contribution in [2.24, 2.45) is 0 Å². The van der Waals surface area contributed by atoms with Crippen LogP contribution in [0.2, 0.25) is 0 Å². The van der Waals surface area contributed by atoms with Gasteiger partial charge in [-0.2, -0.15) is 26.3 Å². The van der Waals surface area contributed by atoms with Gasteiger partial charge < -0.3 is 10.6 Å². The molecule has 0 aliphatic heterocycles. The van der Waals surface area contributed by atoms with Gasteiger partial charge in [0.25, 0.3) is 0 Å². The third-order valence-electron chi connectivity index (χ3n) is 4.23. The summed E-state index contributed by atoms with van der Waals surface area (Å²) in [6.45, 7) is -1.71. The molecule has 0 heterocycles. The van der Waals surface area contributed by atoms with E-state index in [4.69, 9.17) is 12.2 Å². The lowest BCUT2D eigenvalue weighted by Crippen LogP contribution is -2.42. The number of carbonyl (C=O) groups is 1. The maximum Gasteiger partial charge on any atom is 0.405 e. The number of ketones is 1. The third kappa shape index (κ3) is 9.31. The Morgan fingerprint density at radius 2 is 1.59 bits per heavy atom. The van der Waals surface area contributed by atoms with Gasteiger partial charge >= 0.3 is 12.4 Å². The molecule has 2 aromatic rings. The molecule has 2 aromatic carbocycles. The molecule has 0 radical (unpaired) electrons. The molecule has 0 aliphatic carbocycles. The van der Waals surface area contributed by atoms with Crippen LogP contribution < -0.4 is 10.6 Å². The second-order valence-electron chi connectivity index (χ2n) is 6.90. The predicted molar refractivity (Wildman–Crippen MR) is 133 cm³/mol. The Kier molecular flexibility index (Phi) is 10.2. The lowest BCUT2D eigenvalue weighted by atomic mass is 9.97. The molecule has 0 amide bonds. The molecule has 184 valence electrons. The zero-order valence-corrected chi connectivity index (χ0v) is 22.4. The summed E-state index contributed by atoms with van der Waals surface area (Å²) in [6, 6.07) is 8.71. The fourth-order valence-corrected chi connectivity index (χ4v) is 4.82. The number of halogens is 9. The van der Waals surface area contributed by atoms with Gasteiger partial charge in [-0.3, -0.25) is 4.79 Å². The van der Waals surface area contributed by atoms with E-state index in [1.807, 2.05) is 5.32 Å². The summed E-state index contributed by atoms with van der Waals surface area (Å²) in [7, 11) is 0. The zero-order chi connectivity index (χ0) is 25.7. The second-order valence-corrected chi connectivity index (χ2v) is 9.99. The lowest BCUT2D eigenvalue weighted by Gasteiger charge is -2.18. The van der Waals surface area contributed by atoms with Crippen LogP contribution >= 0.6 is 60.0 Å². The first kappa shape index (κ1) is 28.8. The Bertz CT molecular complexity index is 1070. The first-order valence-corrected chi connectivity index (χ1v) is 12.1. The minimum Gasteiger partial charge on any atom is -0.355 e. The van der Waals surface area contributed by atoms with E-state index in [9.17, 15) is 31.1 Å². The van der Waals surface area contributed by atoms with Crippen molar-refractivity contribution >= 4 is 77.0 Å². The van der Waals surface area contributed by atoms with Gasteiger partial charge in [-0.15, -0.1) is 0 Å². The number of carbonyl (C=O) groups excluding carboxylic acids is 1. The van der Waals surface area contributed by atoms with E-state index in [1.54, 1.807) is 6.07 Å². The molecular weight excluding hydrogens is 682 g/mol. The molecule has 0 saturated carbocycles. The third-order valence-corrected chi connectivity index (χ3v) is 6.09. The van der Waals surface area contributed by atoms with E-state index in [2.05, 4.69) is 53.1 Å². The molecule has 1 unspecified atom stereocenters. The highest BCUT2D eigenvalue weighted by molar-refractivity contribution is 9.11. The Labute approximate surface area is 221 Å². The molecular formula is C21H15Br3F6N2OS. The number of hydrogen-bond donors (Lipinski definition) is 2. The Morgan fingerprint density at radius 3 is 2.12 bits per heavy atom. The minimum absolute atomic E-state index is 0.0389. The Balaban J connectivity index is 2.12. The highest BCUT2D eigenvalue weighted by Gasteiger charge is 2.39. The highest BCUT2D eigenvalue weighted by atomic mass is 79.9. The molecule has 0 spiro atoms. The molecule has 0 saturated heterocycles. The van der Waals surface area contributed by atoms with Crippen LogP contribution in [0.4, 0.5) is 26.3 Å². The normalized spacial score (nSPS) is 13.1. The van der Waals surface area contributed by atoms with Crippen molar-refractivity contribution in [1.82, 2.24) is 10.6 Å². The molecule has 0 fully saturated rings. The molecule has 2 rings (SSSR count). The number of hydrogen-bond acceptors (Lipinski definition) is 2. The van der Waals surface area contributed by atoms with Gasteiger partial charge in [-0.05, 0) is 53.7 Å². The lowest BCUT2D eigenvalue weighted by molar-refractivity contribution is -0.139. The van der Waals surface area contributed by atoms with Crippen LogP contribution in [0.5, 0.6) is 0 Å². The van der Waals surface area contributed by atoms with E-state index in [-0.39, 0.29) is 22.8 Å². The number of thiocarbonyl (C=S) groups is 1. The average Bonchev–Trinajstić information content (AvgIpc) is 2.68. The maximum atomic E-state index is 13.7. The molecule has 3 nitrogen and oxygen atoms in total. The fourth-order valence-electron chi connectivity index (χ4n) is 2.73. The van der Waals surface area contributed by atoms with Crippen molar-refractivity contribution in [3.05, 3.63) is 72.6 Å². The summed E-state index contributed by atoms with van der Waals surface area (Å²) in [4.78, 5) is 12.4. The van der Waals surface area contributed by atoms with E-state index >= 15 is 0 Å². The Morgan fingerprint density at radius 1 is 0.971 bits per heavy atom. The van der Waals surface area contributed by atoms with Crippen LogP contribution in [-0.2, 0) is 0 Å². The first-order valence-electron chi connectivity index (χ1n) is 9.28. The van der Waals surface area contributed by atoms with Crippen LogP contribution in [0.3, 0.4) is 0 Å². The van der Waals surface area contributed by atoms with Crippen molar-refractivity contribution in [2.45, 2.75) is 18.3 Å². The SMILES string of the molecule is O=C(CNC(=S)NCC(F)(F)F)c1ccc(/C=C/C(c2cc(Br)cc(Br)c2)C(F)(F)F)cc1Br. The van der Waals surface area contributed by atoms with Crippen molar-refractivity contribution in [2.75, 3.05) is 13.1 Å². The molecule has 0 bridgehead atoms. The van der Waals surface area contributed by atoms with Gasteiger partial charge in [0.1, 0.15) is 6.54 Å².